The van der Waals surface area contributed by atoms with Crippen molar-refractivity contribution in [3.8, 4) is 0 Å². The van der Waals surface area contributed by atoms with Gasteiger partial charge in [0.1, 0.15) is 17.1 Å². The molecular weight excluding hydrogens is 322 g/mol. The van der Waals surface area contributed by atoms with E-state index in [1.807, 2.05) is 0 Å². The van der Waals surface area contributed by atoms with Gasteiger partial charge in [0.15, 0.2) is 5.76 Å². The number of hydrogen-bond donors (Lipinski definition) is 1. The second-order valence-electron chi connectivity index (χ2n) is 5.74. The second-order valence-corrected chi connectivity index (χ2v) is 5.74. The number of anilines is 1. The summed E-state index contributed by atoms with van der Waals surface area (Å²) in [7, 11) is 1.68. The Kier molecular flexibility index (Phi) is 4.31. The standard InChI is InChI=1S/C18H19N3O4/c1-5-24-18(23)15-9-13-8-12(6-7-14(13)19-15)17(22)21(4)16-10(2)20-25-11(16)3/h6-9,19H,5H2,1-4H3. The molecule has 0 saturated heterocycles. The number of aryl methyl sites for hydroxylation is 2. The van der Waals surface area contributed by atoms with E-state index >= 15 is 0 Å². The number of aromatic amines is 1. The van der Waals surface area contributed by atoms with Crippen LogP contribution in [0.15, 0.2) is 28.8 Å². The number of H-pyrrole nitrogens is 1. The van der Waals surface area contributed by atoms with Crippen LogP contribution in [0.1, 0.15) is 39.2 Å². The van der Waals surface area contributed by atoms with Crippen molar-refractivity contribution < 1.29 is 18.8 Å². The maximum Gasteiger partial charge on any atom is 0.354 e. The fraction of sp³-hybridized carbons (Fsp3) is 0.278. The summed E-state index contributed by atoms with van der Waals surface area (Å²) in [6, 6.07) is 6.91. The van der Waals surface area contributed by atoms with Gasteiger partial charge in [-0.05, 0) is 45.0 Å². The van der Waals surface area contributed by atoms with Gasteiger partial charge >= 0.3 is 5.97 Å². The van der Waals surface area contributed by atoms with E-state index in [9.17, 15) is 9.59 Å². The van der Waals surface area contributed by atoms with E-state index in [4.69, 9.17) is 9.26 Å². The molecule has 1 N–H and O–H groups in total. The van der Waals surface area contributed by atoms with Crippen LogP contribution in [-0.4, -0.2) is 35.7 Å². The topological polar surface area (TPSA) is 88.4 Å². The molecule has 130 valence electrons. The van der Waals surface area contributed by atoms with Crippen LogP contribution in [0.2, 0.25) is 0 Å². The predicted molar refractivity (Wildman–Crippen MR) is 93.0 cm³/mol. The highest BCUT2D eigenvalue weighted by molar-refractivity contribution is 6.08. The molecule has 1 aromatic carbocycles. The van der Waals surface area contributed by atoms with E-state index in [-0.39, 0.29) is 5.91 Å². The lowest BCUT2D eigenvalue weighted by Crippen LogP contribution is -2.27. The largest absolute Gasteiger partial charge is 0.461 e. The first-order chi connectivity index (χ1) is 11.9. The number of carbonyl (C=O) groups is 2. The maximum absolute atomic E-state index is 12.8. The average molecular weight is 341 g/mol. The van der Waals surface area contributed by atoms with E-state index in [1.165, 1.54) is 4.90 Å². The monoisotopic (exact) mass is 341 g/mol. The maximum atomic E-state index is 12.8. The van der Waals surface area contributed by atoms with Crippen LogP contribution < -0.4 is 4.90 Å². The third-order valence-electron chi connectivity index (χ3n) is 4.00. The molecule has 7 nitrogen and oxygen atoms in total. The van der Waals surface area contributed by atoms with Gasteiger partial charge in [-0.2, -0.15) is 0 Å². The Hall–Kier alpha value is -3.09. The number of benzene rings is 1. The lowest BCUT2D eigenvalue weighted by molar-refractivity contribution is 0.0520. The molecule has 0 unspecified atom stereocenters. The molecule has 0 radical (unpaired) electrons. The van der Waals surface area contributed by atoms with Crippen molar-refractivity contribution >= 4 is 28.5 Å². The molecule has 0 saturated carbocycles. The lowest BCUT2D eigenvalue weighted by Gasteiger charge is -2.16. The van der Waals surface area contributed by atoms with Gasteiger partial charge in [0.05, 0.1) is 6.61 Å². The molecule has 0 spiro atoms. The van der Waals surface area contributed by atoms with E-state index < -0.39 is 5.97 Å². The number of ether oxygens (including phenoxy) is 1. The van der Waals surface area contributed by atoms with Gasteiger partial charge < -0.3 is 19.1 Å². The van der Waals surface area contributed by atoms with Gasteiger partial charge in [-0.3, -0.25) is 4.79 Å². The molecule has 7 heteroatoms. The molecule has 0 atom stereocenters. The minimum absolute atomic E-state index is 0.185. The first-order valence-electron chi connectivity index (χ1n) is 7.93. The Balaban J connectivity index is 1.93. The first kappa shape index (κ1) is 16.8. The van der Waals surface area contributed by atoms with E-state index in [0.29, 0.717) is 35.0 Å². The Bertz CT molecular complexity index is 935. The van der Waals surface area contributed by atoms with Crippen molar-refractivity contribution in [2.24, 2.45) is 0 Å². The van der Waals surface area contributed by atoms with Crippen LogP contribution in [-0.2, 0) is 4.74 Å². The van der Waals surface area contributed by atoms with Crippen molar-refractivity contribution in [2.45, 2.75) is 20.8 Å². The van der Waals surface area contributed by atoms with Crippen molar-refractivity contribution in [2.75, 3.05) is 18.6 Å². The fourth-order valence-electron chi connectivity index (χ4n) is 2.84. The average Bonchev–Trinajstić information content (AvgIpc) is 3.16. The van der Waals surface area contributed by atoms with Gasteiger partial charge in [-0.15, -0.1) is 0 Å². The molecule has 1 amide bonds. The second kappa shape index (κ2) is 6.43. The molecule has 0 aliphatic heterocycles. The molecule has 25 heavy (non-hydrogen) atoms. The molecule has 0 aliphatic rings. The third-order valence-corrected chi connectivity index (χ3v) is 4.00. The number of esters is 1. The molecule has 0 aliphatic carbocycles. The minimum Gasteiger partial charge on any atom is -0.461 e. The molecule has 2 heterocycles. The van der Waals surface area contributed by atoms with Crippen LogP contribution in [0.4, 0.5) is 5.69 Å². The number of nitrogens with one attached hydrogen (secondary N) is 1. The van der Waals surface area contributed by atoms with Gasteiger partial charge in [0, 0.05) is 23.5 Å². The van der Waals surface area contributed by atoms with Gasteiger partial charge in [-0.1, -0.05) is 5.16 Å². The molecule has 3 aromatic rings. The quantitative estimate of drug-likeness (QED) is 0.736. The van der Waals surface area contributed by atoms with E-state index in [2.05, 4.69) is 10.1 Å². The third kappa shape index (κ3) is 3.00. The Morgan fingerprint density at radius 3 is 2.68 bits per heavy atom. The van der Waals surface area contributed by atoms with Gasteiger partial charge in [0.25, 0.3) is 5.91 Å². The SMILES string of the molecule is CCOC(=O)c1cc2cc(C(=O)N(C)c3c(C)noc3C)ccc2[nH]1. The number of aromatic nitrogens is 2. The molecule has 0 fully saturated rings. The summed E-state index contributed by atoms with van der Waals surface area (Å²) in [4.78, 5) is 29.1. The summed E-state index contributed by atoms with van der Waals surface area (Å²) in [6.45, 7) is 5.61. The number of nitrogens with zero attached hydrogens (tertiary/aromatic N) is 2. The van der Waals surface area contributed by atoms with Crippen molar-refractivity contribution in [3.05, 3.63) is 47.0 Å². The van der Waals surface area contributed by atoms with E-state index in [0.717, 1.165) is 10.9 Å². The molecule has 3 rings (SSSR count). The van der Waals surface area contributed by atoms with Crippen LogP contribution in [0.25, 0.3) is 10.9 Å². The highest BCUT2D eigenvalue weighted by Crippen LogP contribution is 2.25. The fourth-order valence-corrected chi connectivity index (χ4v) is 2.84. The number of amides is 1. The summed E-state index contributed by atoms with van der Waals surface area (Å²) in [5.74, 6) is -0.0183. The smallest absolute Gasteiger partial charge is 0.354 e. The zero-order valence-electron chi connectivity index (χ0n) is 14.5. The van der Waals surface area contributed by atoms with E-state index in [1.54, 1.807) is 52.1 Å². The highest BCUT2D eigenvalue weighted by Gasteiger charge is 2.21. The number of hydrogen-bond acceptors (Lipinski definition) is 5. The van der Waals surface area contributed by atoms with Crippen LogP contribution in [0, 0.1) is 13.8 Å². The van der Waals surface area contributed by atoms with Crippen molar-refractivity contribution in [1.82, 2.24) is 10.1 Å². The predicted octanol–water partition coefficient (Wildman–Crippen LogP) is 3.23. The van der Waals surface area contributed by atoms with Gasteiger partial charge in [0.2, 0.25) is 0 Å². The summed E-state index contributed by atoms with van der Waals surface area (Å²) in [6.07, 6.45) is 0. The lowest BCUT2D eigenvalue weighted by atomic mass is 10.1. The zero-order valence-corrected chi connectivity index (χ0v) is 14.5. The number of rotatable bonds is 4. The summed E-state index contributed by atoms with van der Waals surface area (Å²) in [5, 5.41) is 4.64. The summed E-state index contributed by atoms with van der Waals surface area (Å²) in [5.41, 5.74) is 2.94. The zero-order chi connectivity index (χ0) is 18.1. The number of fused-ring (bicyclic) bond motifs is 1. The number of carbonyl (C=O) groups excluding carboxylic acids is 2. The van der Waals surface area contributed by atoms with Crippen molar-refractivity contribution in [3.63, 3.8) is 0 Å². The van der Waals surface area contributed by atoms with Crippen LogP contribution >= 0.6 is 0 Å². The molecule has 2 aromatic heterocycles. The summed E-state index contributed by atoms with van der Waals surface area (Å²) >= 11 is 0. The van der Waals surface area contributed by atoms with Crippen molar-refractivity contribution in [1.29, 1.82) is 0 Å². The normalized spacial score (nSPS) is 10.9. The Labute approximate surface area is 144 Å². The van der Waals surface area contributed by atoms with Gasteiger partial charge in [-0.25, -0.2) is 4.79 Å². The van der Waals surface area contributed by atoms with Crippen LogP contribution in [0.3, 0.4) is 0 Å². The molecule has 0 bridgehead atoms. The summed E-state index contributed by atoms with van der Waals surface area (Å²) < 4.78 is 10.1. The molecular formula is C18H19N3O4. The first-order valence-corrected chi connectivity index (χ1v) is 7.93. The van der Waals surface area contributed by atoms with Crippen LogP contribution in [0.5, 0.6) is 0 Å². The Morgan fingerprint density at radius 2 is 2.04 bits per heavy atom. The Morgan fingerprint density at radius 1 is 1.28 bits per heavy atom. The minimum atomic E-state index is -0.417. The highest BCUT2D eigenvalue weighted by atomic mass is 16.5.